The van der Waals surface area contributed by atoms with E-state index in [4.69, 9.17) is 39.5 Å². The molecule has 2 saturated heterocycles. The summed E-state index contributed by atoms with van der Waals surface area (Å²) in [5.41, 5.74) is 0.886. The molecule has 0 radical (unpaired) electrons. The van der Waals surface area contributed by atoms with Gasteiger partial charge in [0, 0.05) is 50.8 Å². The SMILES string of the molecule is CCN(C(=O)Oc1ccc(F)cc1)C1CN(C(=O)C2CCN(c3ccc(Cl)cn3)CC2)CC1c1ccc(Cl)c(Cl)c1. The van der Waals surface area contributed by atoms with E-state index in [2.05, 4.69) is 9.88 Å². The van der Waals surface area contributed by atoms with Crippen molar-refractivity contribution in [2.75, 3.05) is 37.6 Å². The van der Waals surface area contributed by atoms with Crippen molar-refractivity contribution in [2.45, 2.75) is 31.7 Å². The molecule has 7 nitrogen and oxygen atoms in total. The van der Waals surface area contributed by atoms with E-state index in [0.717, 1.165) is 11.4 Å². The van der Waals surface area contributed by atoms with Gasteiger partial charge in [-0.3, -0.25) is 4.79 Å². The molecule has 2 aromatic carbocycles. The van der Waals surface area contributed by atoms with E-state index in [1.165, 1.54) is 24.3 Å². The Morgan fingerprint density at radius 1 is 1.00 bits per heavy atom. The molecule has 2 aliphatic heterocycles. The third-order valence-electron chi connectivity index (χ3n) is 7.85. The molecule has 216 valence electrons. The van der Waals surface area contributed by atoms with Gasteiger partial charge in [-0.2, -0.15) is 0 Å². The van der Waals surface area contributed by atoms with Crippen LogP contribution in [0.3, 0.4) is 0 Å². The second-order valence-corrected chi connectivity index (χ2v) is 11.5. The van der Waals surface area contributed by atoms with E-state index < -0.39 is 11.9 Å². The van der Waals surface area contributed by atoms with E-state index in [1.807, 2.05) is 30.0 Å². The van der Waals surface area contributed by atoms with Gasteiger partial charge in [0.1, 0.15) is 17.4 Å². The number of pyridine rings is 1. The minimum absolute atomic E-state index is 0.0734. The highest BCUT2D eigenvalue weighted by molar-refractivity contribution is 6.42. The number of benzene rings is 2. The Balaban J connectivity index is 1.33. The highest BCUT2D eigenvalue weighted by Crippen LogP contribution is 2.36. The number of carbonyl (C=O) groups is 2. The lowest BCUT2D eigenvalue weighted by molar-refractivity contribution is -0.135. The fraction of sp³-hybridized carbons (Fsp3) is 0.367. The van der Waals surface area contributed by atoms with Crippen molar-refractivity contribution in [1.29, 1.82) is 0 Å². The van der Waals surface area contributed by atoms with Gasteiger partial charge >= 0.3 is 6.09 Å². The molecule has 2 atom stereocenters. The van der Waals surface area contributed by atoms with Crippen LogP contribution in [0.15, 0.2) is 60.8 Å². The van der Waals surface area contributed by atoms with Crippen LogP contribution in [0.2, 0.25) is 15.1 Å². The third kappa shape index (κ3) is 6.71. The minimum Gasteiger partial charge on any atom is -0.410 e. The normalized spacial score (nSPS) is 19.3. The van der Waals surface area contributed by atoms with Crippen LogP contribution in [0.1, 0.15) is 31.2 Å². The molecule has 2 aliphatic rings. The standard InChI is InChI=1S/C30H30Cl3FN4O3/c1-2-38(30(40)41-23-7-5-22(34)6-8-23)27-18-37(17-24(27)20-3-9-25(32)26(33)15-20)29(39)19-11-13-36(14-12-19)28-10-4-21(31)16-35-28/h3-10,15-16,19,24,27H,2,11-14,17-18H2,1H3. The predicted molar refractivity (Wildman–Crippen MR) is 159 cm³/mol. The Labute approximate surface area is 253 Å². The topological polar surface area (TPSA) is 66.0 Å². The maximum atomic E-state index is 13.8. The van der Waals surface area contributed by atoms with Crippen molar-refractivity contribution >= 4 is 52.6 Å². The molecule has 2 fully saturated rings. The van der Waals surface area contributed by atoms with Crippen LogP contribution in [0.4, 0.5) is 15.0 Å². The number of rotatable bonds is 6. The zero-order valence-electron chi connectivity index (χ0n) is 22.5. The first-order valence-electron chi connectivity index (χ1n) is 13.6. The van der Waals surface area contributed by atoms with E-state index in [-0.39, 0.29) is 29.5 Å². The molecule has 41 heavy (non-hydrogen) atoms. The molecule has 1 aromatic heterocycles. The maximum absolute atomic E-state index is 13.8. The Morgan fingerprint density at radius 2 is 1.73 bits per heavy atom. The number of ether oxygens (including phenoxy) is 1. The monoisotopic (exact) mass is 618 g/mol. The van der Waals surface area contributed by atoms with Crippen molar-refractivity contribution in [3.05, 3.63) is 87.2 Å². The highest BCUT2D eigenvalue weighted by Gasteiger charge is 2.43. The van der Waals surface area contributed by atoms with E-state index in [9.17, 15) is 14.0 Å². The molecule has 0 aliphatic carbocycles. The number of piperidine rings is 1. The summed E-state index contributed by atoms with van der Waals surface area (Å²) in [5, 5.41) is 1.43. The number of hydrogen-bond donors (Lipinski definition) is 0. The first kappa shape index (κ1) is 29.4. The van der Waals surface area contributed by atoms with Gasteiger partial charge in [-0.1, -0.05) is 40.9 Å². The molecular weight excluding hydrogens is 590 g/mol. The van der Waals surface area contributed by atoms with Crippen LogP contribution in [0.25, 0.3) is 0 Å². The van der Waals surface area contributed by atoms with Crippen molar-refractivity contribution in [2.24, 2.45) is 5.92 Å². The number of hydrogen-bond acceptors (Lipinski definition) is 5. The lowest BCUT2D eigenvalue weighted by Crippen LogP contribution is -2.47. The molecule has 2 amide bonds. The Morgan fingerprint density at radius 3 is 2.37 bits per heavy atom. The van der Waals surface area contributed by atoms with Crippen LogP contribution in [0, 0.1) is 11.7 Å². The van der Waals surface area contributed by atoms with E-state index in [1.54, 1.807) is 23.2 Å². The summed E-state index contributed by atoms with van der Waals surface area (Å²) in [5.74, 6) is 0.412. The zero-order chi connectivity index (χ0) is 29.1. The second-order valence-electron chi connectivity index (χ2n) is 10.3. The summed E-state index contributed by atoms with van der Waals surface area (Å²) >= 11 is 18.5. The van der Waals surface area contributed by atoms with Crippen LogP contribution in [-0.4, -0.2) is 65.5 Å². The van der Waals surface area contributed by atoms with Crippen LogP contribution in [-0.2, 0) is 4.79 Å². The summed E-state index contributed by atoms with van der Waals surface area (Å²) in [4.78, 5) is 37.2. The molecule has 0 saturated carbocycles. The number of anilines is 1. The fourth-order valence-electron chi connectivity index (χ4n) is 5.68. The van der Waals surface area contributed by atoms with Crippen LogP contribution < -0.4 is 9.64 Å². The van der Waals surface area contributed by atoms with Crippen molar-refractivity contribution < 1.29 is 18.7 Å². The summed E-state index contributed by atoms with van der Waals surface area (Å²) in [7, 11) is 0. The Hall–Kier alpha value is -3.07. The lowest BCUT2D eigenvalue weighted by Gasteiger charge is -2.34. The van der Waals surface area contributed by atoms with Crippen molar-refractivity contribution in [1.82, 2.24) is 14.8 Å². The molecule has 11 heteroatoms. The molecule has 3 aromatic rings. The van der Waals surface area contributed by atoms with E-state index in [0.29, 0.717) is 60.6 Å². The Kier molecular flexibility index (Phi) is 9.22. The smallest absolute Gasteiger partial charge is 0.410 e. The van der Waals surface area contributed by atoms with Gasteiger partial charge < -0.3 is 19.4 Å². The predicted octanol–water partition coefficient (Wildman–Crippen LogP) is 6.91. The number of amides is 2. The number of nitrogens with zero attached hydrogens (tertiary/aromatic N) is 4. The van der Waals surface area contributed by atoms with Gasteiger partial charge in [-0.05, 0) is 73.9 Å². The average molecular weight is 620 g/mol. The first-order chi connectivity index (χ1) is 19.7. The van der Waals surface area contributed by atoms with E-state index >= 15 is 0 Å². The highest BCUT2D eigenvalue weighted by atomic mass is 35.5. The molecule has 0 bridgehead atoms. The van der Waals surface area contributed by atoms with Crippen LogP contribution >= 0.6 is 34.8 Å². The molecule has 2 unspecified atom stereocenters. The third-order valence-corrected chi connectivity index (χ3v) is 8.81. The fourth-order valence-corrected chi connectivity index (χ4v) is 6.10. The summed E-state index contributed by atoms with van der Waals surface area (Å²) in [6.07, 6.45) is 2.46. The Bertz CT molecular complexity index is 1380. The molecule has 5 rings (SSSR count). The number of likely N-dealkylation sites (N-methyl/N-ethyl adjacent to an activating group) is 1. The van der Waals surface area contributed by atoms with Gasteiger partial charge in [0.15, 0.2) is 0 Å². The van der Waals surface area contributed by atoms with Gasteiger partial charge in [-0.15, -0.1) is 0 Å². The largest absolute Gasteiger partial charge is 0.415 e. The molecule has 3 heterocycles. The second kappa shape index (κ2) is 12.8. The van der Waals surface area contributed by atoms with Crippen LogP contribution in [0.5, 0.6) is 5.75 Å². The van der Waals surface area contributed by atoms with Gasteiger partial charge in [0.05, 0.1) is 21.1 Å². The van der Waals surface area contributed by atoms with Crippen molar-refractivity contribution in [3.63, 3.8) is 0 Å². The zero-order valence-corrected chi connectivity index (χ0v) is 24.7. The summed E-state index contributed by atoms with van der Waals surface area (Å²) in [6.45, 7) is 4.43. The molecule has 0 spiro atoms. The van der Waals surface area contributed by atoms with Gasteiger partial charge in [0.2, 0.25) is 5.91 Å². The minimum atomic E-state index is -0.563. The van der Waals surface area contributed by atoms with Gasteiger partial charge in [0.25, 0.3) is 0 Å². The van der Waals surface area contributed by atoms with Gasteiger partial charge in [-0.25, -0.2) is 14.2 Å². The average Bonchev–Trinajstić information content (AvgIpc) is 3.41. The number of carbonyl (C=O) groups excluding carboxylic acids is 2. The maximum Gasteiger partial charge on any atom is 0.415 e. The summed E-state index contributed by atoms with van der Waals surface area (Å²) in [6, 6.07) is 14.1. The number of halogens is 4. The molecular formula is C30H30Cl3FN4O3. The van der Waals surface area contributed by atoms with Crippen molar-refractivity contribution in [3.8, 4) is 5.75 Å². The first-order valence-corrected chi connectivity index (χ1v) is 14.7. The lowest BCUT2D eigenvalue weighted by atomic mass is 9.93. The number of likely N-dealkylation sites (tertiary alicyclic amines) is 1. The number of aromatic nitrogens is 1. The quantitative estimate of drug-likeness (QED) is 0.300. The molecule has 0 N–H and O–H groups in total. The summed E-state index contributed by atoms with van der Waals surface area (Å²) < 4.78 is 19.0.